The van der Waals surface area contributed by atoms with E-state index < -0.39 is 0 Å². The molecule has 0 aliphatic rings. The fourth-order valence-corrected chi connectivity index (χ4v) is 2.38. The Morgan fingerprint density at radius 2 is 2.06 bits per heavy atom. The number of imidazole rings is 1. The zero-order chi connectivity index (χ0) is 11.9. The Kier molecular flexibility index (Phi) is 2.70. The number of aromatic nitrogens is 2. The SMILES string of the molecule is CC(C)(C)Cn1c(=O)[nH]c2cccc(Br)c21. The molecule has 0 aliphatic carbocycles. The Morgan fingerprint density at radius 1 is 1.38 bits per heavy atom. The molecule has 0 bridgehead atoms. The van der Waals surface area contributed by atoms with Gasteiger partial charge in [0.1, 0.15) is 0 Å². The van der Waals surface area contributed by atoms with E-state index in [0.29, 0.717) is 6.54 Å². The Bertz CT molecular complexity index is 575. The second-order valence-electron chi connectivity index (χ2n) is 5.21. The molecule has 0 aliphatic heterocycles. The number of nitrogens with one attached hydrogen (secondary N) is 1. The lowest BCUT2D eigenvalue weighted by atomic mass is 9.97. The van der Waals surface area contributed by atoms with Crippen LogP contribution in [0.4, 0.5) is 0 Å². The van der Waals surface area contributed by atoms with Crippen molar-refractivity contribution < 1.29 is 0 Å². The van der Waals surface area contributed by atoms with E-state index in [9.17, 15) is 4.79 Å². The minimum absolute atomic E-state index is 0.0446. The van der Waals surface area contributed by atoms with E-state index in [4.69, 9.17) is 0 Å². The lowest BCUT2D eigenvalue weighted by Crippen LogP contribution is -2.24. The minimum atomic E-state index is -0.0446. The first-order valence-electron chi connectivity index (χ1n) is 5.25. The van der Waals surface area contributed by atoms with Crippen LogP contribution in [0, 0.1) is 5.41 Å². The van der Waals surface area contributed by atoms with Crippen LogP contribution in [0.25, 0.3) is 11.0 Å². The third kappa shape index (κ3) is 2.07. The Balaban J connectivity index is 2.69. The summed E-state index contributed by atoms with van der Waals surface area (Å²) in [6.07, 6.45) is 0. The van der Waals surface area contributed by atoms with Crippen molar-refractivity contribution in [2.24, 2.45) is 5.41 Å². The molecule has 1 heterocycles. The molecule has 2 rings (SSSR count). The predicted octanol–water partition coefficient (Wildman–Crippen LogP) is 3.14. The summed E-state index contributed by atoms with van der Waals surface area (Å²) in [6, 6.07) is 5.79. The minimum Gasteiger partial charge on any atom is -0.305 e. The van der Waals surface area contributed by atoms with Gasteiger partial charge in [0.05, 0.1) is 11.0 Å². The van der Waals surface area contributed by atoms with Crippen LogP contribution in [0.15, 0.2) is 27.5 Å². The van der Waals surface area contributed by atoms with Gasteiger partial charge < -0.3 is 4.98 Å². The van der Waals surface area contributed by atoms with Crippen molar-refractivity contribution in [2.75, 3.05) is 0 Å². The van der Waals surface area contributed by atoms with E-state index >= 15 is 0 Å². The number of H-pyrrole nitrogens is 1. The third-order valence-electron chi connectivity index (χ3n) is 2.38. The number of hydrogen-bond donors (Lipinski definition) is 1. The molecule has 0 spiro atoms. The topological polar surface area (TPSA) is 37.8 Å². The van der Waals surface area contributed by atoms with Crippen molar-refractivity contribution >= 4 is 27.0 Å². The molecule has 0 unspecified atom stereocenters. The van der Waals surface area contributed by atoms with Gasteiger partial charge in [-0.1, -0.05) is 26.8 Å². The lowest BCUT2D eigenvalue weighted by molar-refractivity contribution is 0.344. The first kappa shape index (κ1) is 11.5. The Labute approximate surface area is 103 Å². The van der Waals surface area contributed by atoms with Gasteiger partial charge in [0.25, 0.3) is 0 Å². The number of rotatable bonds is 1. The molecule has 2 aromatic rings. The molecule has 3 nitrogen and oxygen atoms in total. The van der Waals surface area contributed by atoms with E-state index in [2.05, 4.69) is 41.7 Å². The maximum atomic E-state index is 11.9. The van der Waals surface area contributed by atoms with Gasteiger partial charge in [0.2, 0.25) is 0 Å². The van der Waals surface area contributed by atoms with E-state index in [1.54, 1.807) is 4.57 Å². The molecule has 16 heavy (non-hydrogen) atoms. The van der Waals surface area contributed by atoms with Crippen LogP contribution < -0.4 is 5.69 Å². The molecule has 0 atom stereocenters. The van der Waals surface area contributed by atoms with Crippen molar-refractivity contribution in [3.05, 3.63) is 33.2 Å². The van der Waals surface area contributed by atoms with Crippen molar-refractivity contribution in [1.82, 2.24) is 9.55 Å². The van der Waals surface area contributed by atoms with Gasteiger partial charge in [-0.3, -0.25) is 4.57 Å². The van der Waals surface area contributed by atoms with E-state index in [1.807, 2.05) is 18.2 Å². The zero-order valence-electron chi connectivity index (χ0n) is 9.67. The third-order valence-corrected chi connectivity index (χ3v) is 3.02. The summed E-state index contributed by atoms with van der Waals surface area (Å²) in [5, 5.41) is 0. The van der Waals surface area contributed by atoms with Crippen LogP contribution in [0.5, 0.6) is 0 Å². The Hall–Kier alpha value is -1.03. The van der Waals surface area contributed by atoms with Crippen molar-refractivity contribution in [3.8, 4) is 0 Å². The van der Waals surface area contributed by atoms with E-state index in [-0.39, 0.29) is 11.1 Å². The summed E-state index contributed by atoms with van der Waals surface area (Å²) in [6.45, 7) is 7.06. The summed E-state index contributed by atoms with van der Waals surface area (Å²) in [5.74, 6) is 0. The lowest BCUT2D eigenvalue weighted by Gasteiger charge is -2.18. The van der Waals surface area contributed by atoms with Crippen LogP contribution in [0.2, 0.25) is 0 Å². The fourth-order valence-electron chi connectivity index (χ4n) is 1.80. The first-order valence-corrected chi connectivity index (χ1v) is 6.05. The molecule has 0 saturated heterocycles. The van der Waals surface area contributed by atoms with E-state index in [1.165, 1.54) is 0 Å². The Morgan fingerprint density at radius 3 is 2.69 bits per heavy atom. The van der Waals surface area contributed by atoms with Gasteiger partial charge in [-0.05, 0) is 33.5 Å². The van der Waals surface area contributed by atoms with Gasteiger partial charge >= 0.3 is 5.69 Å². The number of nitrogens with zero attached hydrogens (tertiary/aromatic N) is 1. The van der Waals surface area contributed by atoms with E-state index in [0.717, 1.165) is 15.5 Å². The van der Waals surface area contributed by atoms with Gasteiger partial charge in [-0.15, -0.1) is 0 Å². The number of fused-ring (bicyclic) bond motifs is 1. The maximum absolute atomic E-state index is 11.9. The smallest absolute Gasteiger partial charge is 0.305 e. The van der Waals surface area contributed by atoms with Gasteiger partial charge in [0.15, 0.2) is 0 Å². The summed E-state index contributed by atoms with van der Waals surface area (Å²) in [7, 11) is 0. The van der Waals surface area contributed by atoms with Gasteiger partial charge in [-0.25, -0.2) is 4.79 Å². The highest BCUT2D eigenvalue weighted by molar-refractivity contribution is 9.10. The number of aromatic amines is 1. The molecular weight excluding hydrogens is 268 g/mol. The molecule has 86 valence electrons. The van der Waals surface area contributed by atoms with Crippen LogP contribution in [0.1, 0.15) is 20.8 Å². The molecule has 1 aromatic carbocycles. The van der Waals surface area contributed by atoms with Crippen molar-refractivity contribution in [2.45, 2.75) is 27.3 Å². The first-order chi connectivity index (χ1) is 7.38. The average Bonchev–Trinajstić information content (AvgIpc) is 2.42. The van der Waals surface area contributed by atoms with Crippen molar-refractivity contribution in [1.29, 1.82) is 0 Å². The number of hydrogen-bond acceptors (Lipinski definition) is 1. The highest BCUT2D eigenvalue weighted by atomic mass is 79.9. The number of benzene rings is 1. The second-order valence-corrected chi connectivity index (χ2v) is 6.07. The van der Waals surface area contributed by atoms with Gasteiger partial charge in [-0.2, -0.15) is 0 Å². The quantitative estimate of drug-likeness (QED) is 0.857. The largest absolute Gasteiger partial charge is 0.326 e. The predicted molar refractivity (Wildman–Crippen MR) is 69.7 cm³/mol. The second kappa shape index (κ2) is 3.77. The molecule has 1 aromatic heterocycles. The van der Waals surface area contributed by atoms with Crippen LogP contribution in [-0.4, -0.2) is 9.55 Å². The highest BCUT2D eigenvalue weighted by Gasteiger charge is 2.16. The van der Waals surface area contributed by atoms with Crippen LogP contribution in [-0.2, 0) is 6.54 Å². The molecular formula is C12H15BrN2O. The molecule has 0 radical (unpaired) electrons. The monoisotopic (exact) mass is 282 g/mol. The van der Waals surface area contributed by atoms with Crippen LogP contribution in [0.3, 0.4) is 0 Å². The van der Waals surface area contributed by atoms with Gasteiger partial charge in [0, 0.05) is 11.0 Å². The number of halogens is 1. The van der Waals surface area contributed by atoms with Crippen LogP contribution >= 0.6 is 15.9 Å². The molecule has 4 heteroatoms. The summed E-state index contributed by atoms with van der Waals surface area (Å²) in [5.41, 5.74) is 1.86. The summed E-state index contributed by atoms with van der Waals surface area (Å²) >= 11 is 3.49. The molecule has 0 amide bonds. The maximum Gasteiger partial charge on any atom is 0.326 e. The normalized spacial score (nSPS) is 12.2. The average molecular weight is 283 g/mol. The highest BCUT2D eigenvalue weighted by Crippen LogP contribution is 2.24. The molecule has 0 fully saturated rings. The molecule has 1 N–H and O–H groups in total. The summed E-state index contributed by atoms with van der Waals surface area (Å²) in [4.78, 5) is 14.7. The zero-order valence-corrected chi connectivity index (χ0v) is 11.3. The van der Waals surface area contributed by atoms with Crippen molar-refractivity contribution in [3.63, 3.8) is 0 Å². The number of para-hydroxylation sites is 1. The summed E-state index contributed by atoms with van der Waals surface area (Å²) < 4.78 is 2.74. The standard InChI is InChI=1S/C12H15BrN2O/c1-12(2,3)7-15-10-8(13)5-4-6-9(10)14-11(15)16/h4-6H,7H2,1-3H3,(H,14,16). The fraction of sp³-hybridized carbons (Fsp3) is 0.417. The molecule has 0 saturated carbocycles.